The first-order valence-corrected chi connectivity index (χ1v) is 9.79. The molecule has 2 aromatic heterocycles. The molecular formula is C22H23N5O3. The summed E-state index contributed by atoms with van der Waals surface area (Å²) in [6, 6.07) is 13.9. The number of morpholine rings is 1. The van der Waals surface area contributed by atoms with Gasteiger partial charge in [0, 0.05) is 32.0 Å². The molecule has 0 radical (unpaired) electrons. The molecular weight excluding hydrogens is 382 g/mol. The van der Waals surface area contributed by atoms with E-state index in [-0.39, 0.29) is 11.7 Å². The molecule has 1 aliphatic heterocycles. The van der Waals surface area contributed by atoms with Crippen molar-refractivity contribution < 1.29 is 13.9 Å². The topological polar surface area (TPSA) is 96.4 Å². The lowest BCUT2D eigenvalue weighted by molar-refractivity contribution is 0.0186. The predicted octanol–water partition coefficient (Wildman–Crippen LogP) is 3.10. The number of benzene rings is 1. The van der Waals surface area contributed by atoms with Gasteiger partial charge in [-0.2, -0.15) is 10.2 Å². The van der Waals surface area contributed by atoms with Crippen LogP contribution in [0.15, 0.2) is 53.2 Å². The fraction of sp³-hybridized carbons (Fsp3) is 0.318. The Morgan fingerprint density at radius 1 is 1.23 bits per heavy atom. The first kappa shape index (κ1) is 19.9. The number of aromatic nitrogens is 2. The van der Waals surface area contributed by atoms with Crippen molar-refractivity contribution in [3.63, 3.8) is 0 Å². The number of nitrogens with one attached hydrogen (secondary N) is 1. The largest absolute Gasteiger partial charge is 0.497 e. The molecule has 1 atom stereocenters. The Labute approximate surface area is 175 Å². The number of anilines is 1. The summed E-state index contributed by atoms with van der Waals surface area (Å²) in [7, 11) is 1.66. The van der Waals surface area contributed by atoms with Gasteiger partial charge >= 0.3 is 0 Å². The summed E-state index contributed by atoms with van der Waals surface area (Å²) in [5.74, 6) is 1.55. The van der Waals surface area contributed by atoms with Crippen LogP contribution in [0.3, 0.4) is 0 Å². The van der Waals surface area contributed by atoms with Gasteiger partial charge in [0.1, 0.15) is 11.8 Å². The summed E-state index contributed by atoms with van der Waals surface area (Å²) in [5, 5.41) is 12.8. The highest BCUT2D eigenvalue weighted by Gasteiger charge is 2.24. The van der Waals surface area contributed by atoms with Gasteiger partial charge in [-0.3, -0.25) is 9.88 Å². The molecule has 0 unspecified atom stereocenters. The summed E-state index contributed by atoms with van der Waals surface area (Å²) >= 11 is 0. The molecule has 154 valence electrons. The van der Waals surface area contributed by atoms with Crippen LogP contribution >= 0.6 is 0 Å². The van der Waals surface area contributed by atoms with Crippen molar-refractivity contribution in [3.8, 4) is 23.3 Å². The molecule has 0 bridgehead atoms. The minimum atomic E-state index is 0.0818. The molecule has 8 nitrogen and oxygen atoms in total. The van der Waals surface area contributed by atoms with Crippen LogP contribution in [0.25, 0.3) is 11.5 Å². The molecule has 4 rings (SSSR count). The highest BCUT2D eigenvalue weighted by atomic mass is 16.5. The monoisotopic (exact) mass is 405 g/mol. The molecule has 0 saturated carbocycles. The van der Waals surface area contributed by atoms with Crippen molar-refractivity contribution in [2.75, 3.05) is 45.3 Å². The third kappa shape index (κ3) is 4.43. The van der Waals surface area contributed by atoms with E-state index in [1.165, 1.54) is 0 Å². The molecule has 0 aliphatic carbocycles. The maximum absolute atomic E-state index is 9.50. The van der Waals surface area contributed by atoms with Crippen molar-refractivity contribution in [2.45, 2.75) is 6.04 Å². The Balaban J connectivity index is 1.56. The second-order valence-corrected chi connectivity index (χ2v) is 6.87. The molecule has 0 amide bonds. The normalized spacial score (nSPS) is 15.3. The first-order chi connectivity index (χ1) is 14.8. The first-order valence-electron chi connectivity index (χ1n) is 9.79. The Hall–Kier alpha value is -3.41. The van der Waals surface area contributed by atoms with E-state index in [2.05, 4.69) is 38.4 Å². The van der Waals surface area contributed by atoms with E-state index in [1.807, 2.05) is 18.2 Å². The lowest BCUT2D eigenvalue weighted by atomic mass is 10.0. The average Bonchev–Trinajstić information content (AvgIpc) is 3.24. The fourth-order valence-electron chi connectivity index (χ4n) is 3.49. The molecule has 1 N–H and O–H groups in total. The lowest BCUT2D eigenvalue weighted by Crippen LogP contribution is -2.41. The predicted molar refractivity (Wildman–Crippen MR) is 111 cm³/mol. The second-order valence-electron chi connectivity index (χ2n) is 6.87. The van der Waals surface area contributed by atoms with Gasteiger partial charge in [-0.05, 0) is 29.8 Å². The van der Waals surface area contributed by atoms with E-state index >= 15 is 0 Å². The van der Waals surface area contributed by atoms with Crippen LogP contribution in [-0.4, -0.2) is 54.8 Å². The van der Waals surface area contributed by atoms with Crippen LogP contribution in [0.4, 0.5) is 5.88 Å². The van der Waals surface area contributed by atoms with E-state index in [1.54, 1.807) is 25.6 Å². The van der Waals surface area contributed by atoms with Crippen LogP contribution in [0.1, 0.15) is 17.3 Å². The van der Waals surface area contributed by atoms with E-state index < -0.39 is 0 Å². The Morgan fingerprint density at radius 2 is 2.03 bits per heavy atom. The van der Waals surface area contributed by atoms with Gasteiger partial charge in [0.15, 0.2) is 0 Å². The SMILES string of the molecule is COc1ccc([C@H](CNc2oc(-c3cccnc3)nc2C#N)N2CCOCC2)cc1. The highest BCUT2D eigenvalue weighted by Crippen LogP contribution is 2.28. The number of nitriles is 1. The van der Waals surface area contributed by atoms with Crippen molar-refractivity contribution in [1.82, 2.24) is 14.9 Å². The maximum atomic E-state index is 9.50. The number of hydrogen-bond donors (Lipinski definition) is 1. The van der Waals surface area contributed by atoms with Crippen LogP contribution < -0.4 is 10.1 Å². The van der Waals surface area contributed by atoms with Crippen LogP contribution in [0.2, 0.25) is 0 Å². The number of pyridine rings is 1. The molecule has 8 heteroatoms. The van der Waals surface area contributed by atoms with Gasteiger partial charge < -0.3 is 19.2 Å². The molecule has 3 heterocycles. The van der Waals surface area contributed by atoms with E-state index in [9.17, 15) is 5.26 Å². The van der Waals surface area contributed by atoms with Gasteiger partial charge in [-0.1, -0.05) is 12.1 Å². The number of hydrogen-bond acceptors (Lipinski definition) is 8. The summed E-state index contributed by atoms with van der Waals surface area (Å²) in [6.07, 6.45) is 3.34. The number of methoxy groups -OCH3 is 1. The minimum absolute atomic E-state index is 0.0818. The number of oxazole rings is 1. The zero-order chi connectivity index (χ0) is 20.8. The molecule has 3 aromatic rings. The Kier molecular flexibility index (Phi) is 6.23. The molecule has 0 spiro atoms. The third-order valence-electron chi connectivity index (χ3n) is 5.08. The molecule has 30 heavy (non-hydrogen) atoms. The van der Waals surface area contributed by atoms with Gasteiger partial charge in [-0.25, -0.2) is 0 Å². The van der Waals surface area contributed by atoms with Crippen LogP contribution in [-0.2, 0) is 4.74 Å². The summed E-state index contributed by atoms with van der Waals surface area (Å²) in [4.78, 5) is 10.8. The minimum Gasteiger partial charge on any atom is -0.497 e. The fourth-order valence-corrected chi connectivity index (χ4v) is 3.49. The quantitative estimate of drug-likeness (QED) is 0.641. The van der Waals surface area contributed by atoms with Gasteiger partial charge in [0.05, 0.1) is 31.9 Å². The Morgan fingerprint density at radius 3 is 2.70 bits per heavy atom. The second kappa shape index (κ2) is 9.39. The number of ether oxygens (including phenoxy) is 2. The molecule has 1 saturated heterocycles. The summed E-state index contributed by atoms with van der Waals surface area (Å²) in [6.45, 7) is 3.62. The van der Waals surface area contributed by atoms with Gasteiger partial charge in [0.25, 0.3) is 0 Å². The lowest BCUT2D eigenvalue weighted by Gasteiger charge is -2.35. The van der Waals surface area contributed by atoms with Gasteiger partial charge in [-0.15, -0.1) is 0 Å². The standard InChI is InChI=1S/C22H23N5O3/c1-28-18-6-4-16(5-7-18)20(27-9-11-29-12-10-27)15-25-22-19(13-23)26-21(30-22)17-3-2-8-24-14-17/h2-8,14,20,25H,9-12,15H2,1H3/t20-/m0/s1. The maximum Gasteiger partial charge on any atom is 0.232 e. The summed E-state index contributed by atoms with van der Waals surface area (Å²) < 4.78 is 16.7. The smallest absolute Gasteiger partial charge is 0.232 e. The zero-order valence-corrected chi connectivity index (χ0v) is 16.7. The molecule has 1 fully saturated rings. The molecule has 1 aliphatic rings. The third-order valence-corrected chi connectivity index (χ3v) is 5.08. The Bertz CT molecular complexity index is 992. The van der Waals surface area contributed by atoms with Crippen molar-refractivity contribution >= 4 is 5.88 Å². The van der Waals surface area contributed by atoms with Crippen LogP contribution in [0, 0.1) is 11.3 Å². The number of nitrogens with zero attached hydrogens (tertiary/aromatic N) is 4. The average molecular weight is 405 g/mol. The van der Waals surface area contributed by atoms with Crippen molar-refractivity contribution in [3.05, 3.63) is 60.0 Å². The van der Waals surface area contributed by atoms with Crippen LogP contribution in [0.5, 0.6) is 5.75 Å². The zero-order valence-electron chi connectivity index (χ0n) is 16.7. The van der Waals surface area contributed by atoms with E-state index in [0.717, 1.165) is 30.0 Å². The molecule has 1 aromatic carbocycles. The highest BCUT2D eigenvalue weighted by molar-refractivity contribution is 5.57. The van der Waals surface area contributed by atoms with Crippen molar-refractivity contribution in [2.24, 2.45) is 0 Å². The van der Waals surface area contributed by atoms with Crippen molar-refractivity contribution in [1.29, 1.82) is 5.26 Å². The van der Waals surface area contributed by atoms with Gasteiger partial charge in [0.2, 0.25) is 17.5 Å². The number of rotatable bonds is 7. The summed E-state index contributed by atoms with van der Waals surface area (Å²) in [5.41, 5.74) is 2.10. The van der Waals surface area contributed by atoms with E-state index in [4.69, 9.17) is 13.9 Å². The van der Waals surface area contributed by atoms with E-state index in [0.29, 0.717) is 31.5 Å².